The van der Waals surface area contributed by atoms with Gasteiger partial charge in [-0.1, -0.05) is 13.8 Å². The highest BCUT2D eigenvalue weighted by atomic mass is 15.3. The first-order valence-electron chi connectivity index (χ1n) is 5.61. The normalized spacial score (nSPS) is 31.3. The molecule has 2 unspecified atom stereocenters. The molecule has 1 fully saturated rings. The number of likely N-dealkylation sites (N-methyl/N-ethyl adjacent to an activating group) is 3. The monoisotopic (exact) mass is 199 g/mol. The predicted molar refractivity (Wildman–Crippen MR) is 61.6 cm³/mol. The molecule has 0 aromatic rings. The topological polar surface area (TPSA) is 18.5 Å². The maximum Gasteiger partial charge on any atom is 0.0348 e. The molecule has 1 heterocycles. The maximum absolute atomic E-state index is 3.28. The van der Waals surface area contributed by atoms with Gasteiger partial charge in [0.1, 0.15) is 0 Å². The minimum Gasteiger partial charge on any atom is -0.318 e. The molecule has 84 valence electrons. The van der Waals surface area contributed by atoms with Crippen LogP contribution in [0.25, 0.3) is 0 Å². The van der Waals surface area contributed by atoms with Crippen molar-refractivity contribution in [3.05, 3.63) is 0 Å². The Morgan fingerprint density at radius 3 is 2.43 bits per heavy atom. The second-order valence-corrected chi connectivity index (χ2v) is 4.91. The molecule has 1 aliphatic heterocycles. The fourth-order valence-electron chi connectivity index (χ4n) is 2.41. The highest BCUT2D eigenvalue weighted by Crippen LogP contribution is 2.18. The van der Waals surface area contributed by atoms with Gasteiger partial charge in [0, 0.05) is 31.7 Å². The number of nitrogens with one attached hydrogen (secondary N) is 1. The van der Waals surface area contributed by atoms with Crippen LogP contribution in [-0.2, 0) is 0 Å². The molecule has 0 radical (unpaired) electrons. The summed E-state index contributed by atoms with van der Waals surface area (Å²) in [5, 5.41) is 3.28. The van der Waals surface area contributed by atoms with E-state index >= 15 is 0 Å². The molecule has 0 bridgehead atoms. The minimum absolute atomic E-state index is 0.658. The lowest BCUT2D eigenvalue weighted by atomic mass is 9.97. The van der Waals surface area contributed by atoms with E-state index in [2.05, 4.69) is 43.1 Å². The summed E-state index contributed by atoms with van der Waals surface area (Å²) in [6.45, 7) is 8.10. The first-order valence-corrected chi connectivity index (χ1v) is 5.61. The van der Waals surface area contributed by atoms with Crippen LogP contribution in [0, 0.1) is 5.92 Å². The second kappa shape index (κ2) is 5.10. The lowest BCUT2D eigenvalue weighted by Crippen LogP contribution is -2.60. The van der Waals surface area contributed by atoms with Crippen LogP contribution >= 0.6 is 0 Å². The van der Waals surface area contributed by atoms with Crippen LogP contribution in [0.15, 0.2) is 0 Å². The molecule has 14 heavy (non-hydrogen) atoms. The third kappa shape index (κ3) is 2.69. The minimum atomic E-state index is 0.658. The van der Waals surface area contributed by atoms with Crippen molar-refractivity contribution in [2.45, 2.75) is 25.9 Å². The molecule has 0 spiro atoms. The van der Waals surface area contributed by atoms with Crippen LogP contribution in [0.3, 0.4) is 0 Å². The van der Waals surface area contributed by atoms with E-state index in [4.69, 9.17) is 0 Å². The molecule has 3 nitrogen and oxygen atoms in total. The summed E-state index contributed by atoms with van der Waals surface area (Å²) in [4.78, 5) is 4.99. The van der Waals surface area contributed by atoms with E-state index < -0.39 is 0 Å². The van der Waals surface area contributed by atoms with Gasteiger partial charge < -0.3 is 10.2 Å². The average molecular weight is 199 g/mol. The van der Waals surface area contributed by atoms with Crippen LogP contribution in [0.5, 0.6) is 0 Å². The summed E-state index contributed by atoms with van der Waals surface area (Å²) < 4.78 is 0. The van der Waals surface area contributed by atoms with E-state index in [9.17, 15) is 0 Å². The van der Waals surface area contributed by atoms with E-state index in [1.54, 1.807) is 0 Å². The van der Waals surface area contributed by atoms with Crippen molar-refractivity contribution >= 4 is 0 Å². The number of nitrogens with zero attached hydrogens (tertiary/aromatic N) is 2. The molecule has 0 aromatic heterocycles. The Hall–Kier alpha value is -0.120. The van der Waals surface area contributed by atoms with E-state index in [1.807, 2.05) is 7.05 Å². The summed E-state index contributed by atoms with van der Waals surface area (Å²) in [6, 6.07) is 1.36. The van der Waals surface area contributed by atoms with Crippen LogP contribution in [0.2, 0.25) is 0 Å². The zero-order valence-electron chi connectivity index (χ0n) is 10.2. The predicted octanol–water partition coefficient (Wildman–Crippen LogP) is 0.476. The summed E-state index contributed by atoms with van der Waals surface area (Å²) in [7, 11) is 6.53. The van der Waals surface area contributed by atoms with E-state index in [1.165, 1.54) is 13.1 Å². The van der Waals surface area contributed by atoms with Gasteiger partial charge >= 0.3 is 0 Å². The molecule has 0 aromatic carbocycles. The summed E-state index contributed by atoms with van der Waals surface area (Å²) in [5.41, 5.74) is 0. The van der Waals surface area contributed by atoms with Gasteiger partial charge in [-0.05, 0) is 27.1 Å². The number of hydrogen-bond donors (Lipinski definition) is 1. The Bertz CT molecular complexity index is 170. The van der Waals surface area contributed by atoms with E-state index in [0.717, 1.165) is 12.5 Å². The third-order valence-corrected chi connectivity index (χ3v) is 3.33. The van der Waals surface area contributed by atoms with Crippen LogP contribution in [-0.4, -0.2) is 62.7 Å². The fourth-order valence-corrected chi connectivity index (χ4v) is 2.41. The third-order valence-electron chi connectivity index (χ3n) is 3.33. The van der Waals surface area contributed by atoms with Crippen molar-refractivity contribution in [3.63, 3.8) is 0 Å². The zero-order valence-corrected chi connectivity index (χ0v) is 10.2. The van der Waals surface area contributed by atoms with Crippen LogP contribution in [0.4, 0.5) is 0 Å². The fraction of sp³-hybridized carbons (Fsp3) is 1.00. The first kappa shape index (κ1) is 12.0. The van der Waals surface area contributed by atoms with Crippen molar-refractivity contribution in [1.82, 2.24) is 15.1 Å². The van der Waals surface area contributed by atoms with E-state index in [0.29, 0.717) is 12.1 Å². The van der Waals surface area contributed by atoms with Gasteiger partial charge in [-0.3, -0.25) is 4.90 Å². The van der Waals surface area contributed by atoms with Crippen molar-refractivity contribution in [2.24, 2.45) is 5.92 Å². The number of piperazine rings is 1. The van der Waals surface area contributed by atoms with Gasteiger partial charge in [0.2, 0.25) is 0 Å². The Balaban J connectivity index is 2.60. The average Bonchev–Trinajstić information content (AvgIpc) is 2.10. The molecule has 2 atom stereocenters. The Labute approximate surface area is 88.5 Å². The molecular weight excluding hydrogens is 174 g/mol. The molecule has 0 saturated carbocycles. The number of rotatable bonds is 3. The molecule has 1 N–H and O–H groups in total. The smallest absolute Gasteiger partial charge is 0.0348 e. The first-order chi connectivity index (χ1) is 6.56. The van der Waals surface area contributed by atoms with Crippen LogP contribution < -0.4 is 5.32 Å². The lowest BCUT2D eigenvalue weighted by molar-refractivity contribution is 0.0357. The summed E-state index contributed by atoms with van der Waals surface area (Å²) in [6.07, 6.45) is 0. The highest BCUT2D eigenvalue weighted by Gasteiger charge is 2.31. The quantitative estimate of drug-likeness (QED) is 0.713. The molecule has 3 heteroatoms. The van der Waals surface area contributed by atoms with Gasteiger partial charge in [0.25, 0.3) is 0 Å². The van der Waals surface area contributed by atoms with Gasteiger partial charge in [-0.15, -0.1) is 0 Å². The maximum atomic E-state index is 3.28. The molecule has 1 rings (SSSR count). The molecule has 1 saturated heterocycles. The molecular formula is C11H25N3. The SMILES string of the molecule is CNCC1CN(C)CC(C(C)C)N1C. The summed E-state index contributed by atoms with van der Waals surface area (Å²) >= 11 is 0. The van der Waals surface area contributed by atoms with Crippen molar-refractivity contribution < 1.29 is 0 Å². The lowest BCUT2D eigenvalue weighted by Gasteiger charge is -2.45. The molecule has 0 amide bonds. The largest absolute Gasteiger partial charge is 0.318 e. The Morgan fingerprint density at radius 2 is 1.93 bits per heavy atom. The van der Waals surface area contributed by atoms with Crippen molar-refractivity contribution in [1.29, 1.82) is 0 Å². The van der Waals surface area contributed by atoms with Gasteiger partial charge in [0.15, 0.2) is 0 Å². The van der Waals surface area contributed by atoms with Gasteiger partial charge in [0.05, 0.1) is 0 Å². The van der Waals surface area contributed by atoms with Crippen molar-refractivity contribution in [2.75, 3.05) is 40.8 Å². The van der Waals surface area contributed by atoms with Crippen LogP contribution in [0.1, 0.15) is 13.8 Å². The number of hydrogen-bond acceptors (Lipinski definition) is 3. The molecule has 0 aliphatic carbocycles. The van der Waals surface area contributed by atoms with Crippen molar-refractivity contribution in [3.8, 4) is 0 Å². The second-order valence-electron chi connectivity index (χ2n) is 4.91. The van der Waals surface area contributed by atoms with Gasteiger partial charge in [-0.25, -0.2) is 0 Å². The Kier molecular flexibility index (Phi) is 4.35. The molecule has 1 aliphatic rings. The zero-order chi connectivity index (χ0) is 10.7. The highest BCUT2D eigenvalue weighted by molar-refractivity contribution is 4.88. The van der Waals surface area contributed by atoms with E-state index in [-0.39, 0.29) is 0 Å². The Morgan fingerprint density at radius 1 is 1.29 bits per heavy atom. The van der Waals surface area contributed by atoms with Gasteiger partial charge in [-0.2, -0.15) is 0 Å². The summed E-state index contributed by atoms with van der Waals surface area (Å²) in [5.74, 6) is 0.738. The standard InChI is InChI=1S/C11H25N3/c1-9(2)11-8-13(4)7-10(6-12-3)14(11)5/h9-12H,6-8H2,1-5H3.